The number of aromatic nitrogens is 3. The second-order valence-electron chi connectivity index (χ2n) is 7.11. The van der Waals surface area contributed by atoms with Crippen LogP contribution in [0.2, 0.25) is 0 Å². The lowest BCUT2D eigenvalue weighted by atomic mass is 10.1. The molecule has 9 nitrogen and oxygen atoms in total. The van der Waals surface area contributed by atoms with E-state index in [0.717, 1.165) is 0 Å². The molecule has 0 unspecified atom stereocenters. The average Bonchev–Trinajstić information content (AvgIpc) is 3.38. The van der Waals surface area contributed by atoms with Crippen molar-refractivity contribution in [3.8, 4) is 11.5 Å². The first-order valence-electron chi connectivity index (χ1n) is 9.34. The van der Waals surface area contributed by atoms with Crippen LogP contribution in [-0.4, -0.2) is 25.6 Å². The lowest BCUT2D eigenvalue weighted by Crippen LogP contribution is -2.14. The standard InChI is InChI=1S/C21H19N5O4/c1-12(2)25-20-15(11-22-25)14(10-17(23-20)19-8-5-9-30-19)21(27)24-16-6-4-7-18(13(16)3)26(28)29/h4-12H,1-3H3,(H,24,27). The van der Waals surface area contributed by atoms with E-state index in [1.54, 1.807) is 42.1 Å². The Hall–Kier alpha value is -4.01. The van der Waals surface area contributed by atoms with Gasteiger partial charge in [-0.05, 0) is 45.0 Å². The van der Waals surface area contributed by atoms with Crippen molar-refractivity contribution < 1.29 is 14.1 Å². The summed E-state index contributed by atoms with van der Waals surface area (Å²) in [5, 5.41) is 19.0. The van der Waals surface area contributed by atoms with E-state index < -0.39 is 10.8 Å². The number of furan rings is 1. The maximum atomic E-state index is 13.2. The van der Waals surface area contributed by atoms with Crippen LogP contribution >= 0.6 is 0 Å². The second-order valence-corrected chi connectivity index (χ2v) is 7.11. The van der Waals surface area contributed by atoms with Gasteiger partial charge in [0.15, 0.2) is 11.4 Å². The van der Waals surface area contributed by atoms with Gasteiger partial charge in [0.2, 0.25) is 0 Å². The van der Waals surface area contributed by atoms with Crippen molar-refractivity contribution >= 4 is 28.3 Å². The van der Waals surface area contributed by atoms with E-state index in [4.69, 9.17) is 4.42 Å². The molecule has 3 aromatic heterocycles. The van der Waals surface area contributed by atoms with Crippen molar-refractivity contribution in [2.24, 2.45) is 0 Å². The van der Waals surface area contributed by atoms with Crippen LogP contribution in [0.5, 0.6) is 0 Å². The zero-order valence-electron chi connectivity index (χ0n) is 16.6. The minimum Gasteiger partial charge on any atom is -0.463 e. The number of carbonyl (C=O) groups excluding carboxylic acids is 1. The van der Waals surface area contributed by atoms with Crippen molar-refractivity contribution in [1.82, 2.24) is 14.8 Å². The van der Waals surface area contributed by atoms with E-state index in [1.807, 2.05) is 13.8 Å². The third-order valence-electron chi connectivity index (χ3n) is 4.82. The van der Waals surface area contributed by atoms with Crippen LogP contribution < -0.4 is 5.32 Å². The summed E-state index contributed by atoms with van der Waals surface area (Å²) in [6.07, 6.45) is 3.14. The molecule has 1 N–H and O–H groups in total. The maximum Gasteiger partial charge on any atom is 0.274 e. The molecule has 0 fully saturated rings. The Morgan fingerprint density at radius 3 is 2.73 bits per heavy atom. The fraction of sp³-hybridized carbons (Fsp3) is 0.190. The van der Waals surface area contributed by atoms with Crippen molar-refractivity contribution in [3.05, 3.63) is 70.1 Å². The van der Waals surface area contributed by atoms with Gasteiger partial charge in [0.1, 0.15) is 5.69 Å². The summed E-state index contributed by atoms with van der Waals surface area (Å²) in [6, 6.07) is 9.74. The molecule has 0 saturated heterocycles. The highest BCUT2D eigenvalue weighted by molar-refractivity contribution is 6.13. The number of hydrogen-bond donors (Lipinski definition) is 1. The highest BCUT2D eigenvalue weighted by Gasteiger charge is 2.21. The minimum atomic E-state index is -0.475. The first kappa shape index (κ1) is 19.3. The number of nitrogens with one attached hydrogen (secondary N) is 1. The van der Waals surface area contributed by atoms with Gasteiger partial charge in [-0.15, -0.1) is 0 Å². The van der Waals surface area contributed by atoms with Crippen LogP contribution in [0.1, 0.15) is 35.8 Å². The van der Waals surface area contributed by atoms with E-state index in [9.17, 15) is 14.9 Å². The van der Waals surface area contributed by atoms with Gasteiger partial charge in [0.25, 0.3) is 11.6 Å². The third-order valence-corrected chi connectivity index (χ3v) is 4.82. The molecular formula is C21H19N5O4. The predicted octanol–water partition coefficient (Wildman–Crippen LogP) is 4.74. The molecule has 0 saturated carbocycles. The highest BCUT2D eigenvalue weighted by atomic mass is 16.6. The topological polar surface area (TPSA) is 116 Å². The van der Waals surface area contributed by atoms with Gasteiger partial charge in [-0.3, -0.25) is 14.9 Å². The molecule has 4 rings (SSSR count). The molecule has 9 heteroatoms. The summed E-state index contributed by atoms with van der Waals surface area (Å²) < 4.78 is 7.19. The second kappa shape index (κ2) is 7.43. The number of fused-ring (bicyclic) bond motifs is 1. The Balaban J connectivity index is 1.83. The summed E-state index contributed by atoms with van der Waals surface area (Å²) in [5.74, 6) is 0.107. The van der Waals surface area contributed by atoms with Gasteiger partial charge in [-0.2, -0.15) is 5.10 Å². The van der Waals surface area contributed by atoms with Crippen LogP contribution in [0.3, 0.4) is 0 Å². The van der Waals surface area contributed by atoms with Gasteiger partial charge in [-0.25, -0.2) is 9.67 Å². The van der Waals surface area contributed by atoms with Crippen LogP contribution in [0.4, 0.5) is 11.4 Å². The number of amides is 1. The number of benzene rings is 1. The normalized spacial score (nSPS) is 11.2. The predicted molar refractivity (Wildman–Crippen MR) is 111 cm³/mol. The molecule has 0 aliphatic carbocycles. The van der Waals surface area contributed by atoms with Crippen molar-refractivity contribution in [3.63, 3.8) is 0 Å². The summed E-state index contributed by atoms with van der Waals surface area (Å²) in [7, 11) is 0. The van der Waals surface area contributed by atoms with Crippen molar-refractivity contribution in [2.45, 2.75) is 26.8 Å². The monoisotopic (exact) mass is 405 g/mol. The largest absolute Gasteiger partial charge is 0.463 e. The Kier molecular flexibility index (Phi) is 4.78. The molecular weight excluding hydrogens is 386 g/mol. The van der Waals surface area contributed by atoms with E-state index in [-0.39, 0.29) is 11.7 Å². The van der Waals surface area contributed by atoms with Crippen LogP contribution in [0.25, 0.3) is 22.5 Å². The number of carbonyl (C=O) groups is 1. The molecule has 1 aromatic carbocycles. The molecule has 0 radical (unpaired) electrons. The van der Waals surface area contributed by atoms with Gasteiger partial charge in [0.05, 0.1) is 39.6 Å². The van der Waals surface area contributed by atoms with Gasteiger partial charge < -0.3 is 9.73 Å². The average molecular weight is 405 g/mol. The van der Waals surface area contributed by atoms with E-state index in [1.165, 1.54) is 18.4 Å². The number of nitrogens with zero attached hydrogens (tertiary/aromatic N) is 4. The van der Waals surface area contributed by atoms with E-state index in [0.29, 0.717) is 39.3 Å². The molecule has 0 bridgehead atoms. The van der Waals surface area contributed by atoms with E-state index >= 15 is 0 Å². The maximum absolute atomic E-state index is 13.2. The lowest BCUT2D eigenvalue weighted by molar-refractivity contribution is -0.385. The molecule has 0 atom stereocenters. The molecule has 4 aromatic rings. The minimum absolute atomic E-state index is 0.0387. The van der Waals surface area contributed by atoms with Crippen LogP contribution in [0.15, 0.2) is 53.3 Å². The van der Waals surface area contributed by atoms with Gasteiger partial charge >= 0.3 is 0 Å². The SMILES string of the molecule is Cc1c(NC(=O)c2cc(-c3ccco3)nc3c2cnn3C(C)C)cccc1[N+](=O)[O-]. The lowest BCUT2D eigenvalue weighted by Gasteiger charge is -2.11. The number of anilines is 1. The highest BCUT2D eigenvalue weighted by Crippen LogP contribution is 2.29. The molecule has 0 spiro atoms. The Morgan fingerprint density at radius 1 is 1.27 bits per heavy atom. The number of nitro benzene ring substituents is 1. The quantitative estimate of drug-likeness (QED) is 0.379. The van der Waals surface area contributed by atoms with E-state index in [2.05, 4.69) is 15.4 Å². The van der Waals surface area contributed by atoms with Crippen molar-refractivity contribution in [1.29, 1.82) is 0 Å². The number of nitro groups is 1. The zero-order valence-corrected chi connectivity index (χ0v) is 16.6. The first-order valence-corrected chi connectivity index (χ1v) is 9.34. The Morgan fingerprint density at radius 2 is 2.07 bits per heavy atom. The van der Waals surface area contributed by atoms with Crippen LogP contribution in [-0.2, 0) is 0 Å². The first-order chi connectivity index (χ1) is 14.4. The fourth-order valence-electron chi connectivity index (χ4n) is 3.28. The summed E-state index contributed by atoms with van der Waals surface area (Å²) in [5.41, 5.74) is 2.09. The Labute approximate surface area is 171 Å². The van der Waals surface area contributed by atoms with Crippen LogP contribution in [0, 0.1) is 17.0 Å². The smallest absolute Gasteiger partial charge is 0.274 e. The summed E-state index contributed by atoms with van der Waals surface area (Å²) in [4.78, 5) is 28.6. The number of rotatable bonds is 5. The molecule has 30 heavy (non-hydrogen) atoms. The molecule has 3 heterocycles. The number of hydrogen-bond acceptors (Lipinski definition) is 6. The van der Waals surface area contributed by atoms with Crippen molar-refractivity contribution in [2.75, 3.05) is 5.32 Å². The molecule has 152 valence electrons. The fourth-order valence-corrected chi connectivity index (χ4v) is 3.28. The molecule has 1 amide bonds. The summed E-state index contributed by atoms with van der Waals surface area (Å²) in [6.45, 7) is 5.54. The molecule has 0 aliphatic heterocycles. The van der Waals surface area contributed by atoms with Gasteiger partial charge in [-0.1, -0.05) is 6.07 Å². The zero-order chi connectivity index (χ0) is 21.4. The number of pyridine rings is 1. The summed E-state index contributed by atoms with van der Waals surface area (Å²) >= 11 is 0. The van der Waals surface area contributed by atoms with Gasteiger partial charge in [0, 0.05) is 12.1 Å². The molecule has 0 aliphatic rings. The Bertz CT molecular complexity index is 1260. The third kappa shape index (κ3) is 3.30.